The van der Waals surface area contributed by atoms with Crippen molar-refractivity contribution >= 4 is 11.6 Å². The fourth-order valence-electron chi connectivity index (χ4n) is 2.75. The predicted octanol–water partition coefficient (Wildman–Crippen LogP) is 3.01. The lowest BCUT2D eigenvalue weighted by molar-refractivity contribution is -0.115. The number of likely N-dealkylation sites (N-methyl/N-ethyl adjacent to an activating group) is 1. The molecule has 1 aliphatic heterocycles. The van der Waals surface area contributed by atoms with Crippen molar-refractivity contribution < 1.29 is 13.9 Å². The van der Waals surface area contributed by atoms with E-state index >= 15 is 0 Å². The van der Waals surface area contributed by atoms with Gasteiger partial charge in [-0.2, -0.15) is 0 Å². The van der Waals surface area contributed by atoms with Gasteiger partial charge in [-0.3, -0.25) is 4.79 Å². The first-order chi connectivity index (χ1) is 11.6. The van der Waals surface area contributed by atoms with E-state index in [0.29, 0.717) is 0 Å². The van der Waals surface area contributed by atoms with Crippen LogP contribution >= 0.6 is 0 Å². The highest BCUT2D eigenvalue weighted by Crippen LogP contribution is 2.23. The van der Waals surface area contributed by atoms with Gasteiger partial charge in [0.1, 0.15) is 5.82 Å². The van der Waals surface area contributed by atoms with Crippen molar-refractivity contribution in [2.75, 3.05) is 32.1 Å². The number of rotatable bonds is 4. The van der Waals surface area contributed by atoms with Crippen LogP contribution < -0.4 is 5.32 Å². The number of carbonyl (C=O) groups excluding carboxylic acids is 1. The Morgan fingerprint density at radius 3 is 2.58 bits per heavy atom. The third-order valence-electron chi connectivity index (χ3n) is 4.11. The Bertz CT molecular complexity index is 686. The third kappa shape index (κ3) is 4.40. The maximum Gasteiger partial charge on any atom is 0.228 e. The lowest BCUT2D eigenvalue weighted by Gasteiger charge is -2.30. The molecule has 0 radical (unpaired) electrons. The molecule has 3 rings (SSSR count). The van der Waals surface area contributed by atoms with Crippen LogP contribution in [0.25, 0.3) is 0 Å². The standard InChI is InChI=1S/C19H21FN2O2/c1-22-10-11-24-18(13-22)15-4-8-17(9-5-15)21-19(23)12-14-2-6-16(20)7-3-14/h2-9,18H,10-13H2,1H3,(H,21,23). The zero-order valence-corrected chi connectivity index (χ0v) is 13.7. The van der Waals surface area contributed by atoms with Crippen molar-refractivity contribution in [2.24, 2.45) is 0 Å². The van der Waals surface area contributed by atoms with Gasteiger partial charge in [0.25, 0.3) is 0 Å². The molecule has 1 unspecified atom stereocenters. The van der Waals surface area contributed by atoms with Gasteiger partial charge in [0.2, 0.25) is 5.91 Å². The monoisotopic (exact) mass is 328 g/mol. The lowest BCUT2D eigenvalue weighted by atomic mass is 10.1. The molecule has 2 aromatic rings. The zero-order chi connectivity index (χ0) is 16.9. The van der Waals surface area contributed by atoms with Gasteiger partial charge in [-0.1, -0.05) is 24.3 Å². The number of ether oxygens (including phenoxy) is 1. The molecule has 0 aromatic heterocycles. The van der Waals surface area contributed by atoms with Gasteiger partial charge >= 0.3 is 0 Å². The fourth-order valence-corrected chi connectivity index (χ4v) is 2.75. The minimum absolute atomic E-state index is 0.0766. The maximum atomic E-state index is 12.9. The number of anilines is 1. The van der Waals surface area contributed by atoms with Crippen molar-refractivity contribution in [3.8, 4) is 0 Å². The molecular formula is C19H21FN2O2. The van der Waals surface area contributed by atoms with Gasteiger partial charge in [0, 0.05) is 18.8 Å². The average molecular weight is 328 g/mol. The van der Waals surface area contributed by atoms with Crippen molar-refractivity contribution in [3.63, 3.8) is 0 Å². The molecule has 1 N–H and O–H groups in total. The summed E-state index contributed by atoms with van der Waals surface area (Å²) in [6.07, 6.45) is 0.297. The number of nitrogens with one attached hydrogen (secondary N) is 1. The van der Waals surface area contributed by atoms with Gasteiger partial charge in [-0.05, 0) is 42.4 Å². The van der Waals surface area contributed by atoms with Crippen molar-refractivity contribution in [3.05, 3.63) is 65.5 Å². The second kappa shape index (κ2) is 7.55. The van der Waals surface area contributed by atoms with Crippen molar-refractivity contribution in [2.45, 2.75) is 12.5 Å². The van der Waals surface area contributed by atoms with Gasteiger partial charge in [0.15, 0.2) is 0 Å². The van der Waals surface area contributed by atoms with Crippen LogP contribution in [0.3, 0.4) is 0 Å². The normalized spacial score (nSPS) is 18.3. The minimum atomic E-state index is -0.301. The Kier molecular flexibility index (Phi) is 5.23. The summed E-state index contributed by atoms with van der Waals surface area (Å²) >= 11 is 0. The van der Waals surface area contributed by atoms with Crippen LogP contribution in [0.5, 0.6) is 0 Å². The Balaban J connectivity index is 1.57. The Hall–Kier alpha value is -2.24. The summed E-state index contributed by atoms with van der Waals surface area (Å²) in [6, 6.07) is 13.7. The number of carbonyl (C=O) groups is 1. The van der Waals surface area contributed by atoms with Crippen LogP contribution in [0.4, 0.5) is 10.1 Å². The van der Waals surface area contributed by atoms with E-state index in [1.165, 1.54) is 12.1 Å². The quantitative estimate of drug-likeness (QED) is 0.938. The fraction of sp³-hybridized carbons (Fsp3) is 0.316. The van der Waals surface area contributed by atoms with E-state index < -0.39 is 0 Å². The molecule has 1 amide bonds. The molecule has 24 heavy (non-hydrogen) atoms. The number of hydrogen-bond donors (Lipinski definition) is 1. The summed E-state index contributed by atoms with van der Waals surface area (Å²) in [7, 11) is 2.08. The summed E-state index contributed by atoms with van der Waals surface area (Å²) in [5.41, 5.74) is 2.64. The van der Waals surface area contributed by atoms with Crippen LogP contribution in [0.2, 0.25) is 0 Å². The number of benzene rings is 2. The van der Waals surface area contributed by atoms with E-state index in [2.05, 4.69) is 17.3 Å². The van der Waals surface area contributed by atoms with E-state index in [-0.39, 0.29) is 24.2 Å². The van der Waals surface area contributed by atoms with Crippen LogP contribution in [-0.2, 0) is 16.0 Å². The van der Waals surface area contributed by atoms with Crippen molar-refractivity contribution in [1.82, 2.24) is 4.90 Å². The van der Waals surface area contributed by atoms with E-state index in [1.54, 1.807) is 12.1 Å². The van der Waals surface area contributed by atoms with E-state index in [4.69, 9.17) is 4.74 Å². The zero-order valence-electron chi connectivity index (χ0n) is 13.7. The van der Waals surface area contributed by atoms with Crippen molar-refractivity contribution in [1.29, 1.82) is 0 Å². The molecule has 0 spiro atoms. The Labute approximate surface area is 141 Å². The predicted molar refractivity (Wildman–Crippen MR) is 91.4 cm³/mol. The second-order valence-corrected chi connectivity index (χ2v) is 6.10. The molecule has 1 fully saturated rings. The largest absolute Gasteiger partial charge is 0.371 e. The number of nitrogens with zero attached hydrogens (tertiary/aromatic N) is 1. The van der Waals surface area contributed by atoms with E-state index in [0.717, 1.165) is 36.5 Å². The van der Waals surface area contributed by atoms with E-state index in [9.17, 15) is 9.18 Å². The number of halogens is 1. The summed E-state index contributed by atoms with van der Waals surface area (Å²) in [4.78, 5) is 14.3. The number of morpholine rings is 1. The molecule has 2 aromatic carbocycles. The van der Waals surface area contributed by atoms with Crippen LogP contribution in [0, 0.1) is 5.82 Å². The van der Waals surface area contributed by atoms with Crippen LogP contribution in [0.15, 0.2) is 48.5 Å². The molecule has 1 atom stereocenters. The molecular weight excluding hydrogens is 307 g/mol. The molecule has 5 heteroatoms. The van der Waals surface area contributed by atoms with Crippen LogP contribution in [-0.4, -0.2) is 37.6 Å². The first-order valence-electron chi connectivity index (χ1n) is 8.04. The van der Waals surface area contributed by atoms with Gasteiger partial charge < -0.3 is 15.0 Å². The minimum Gasteiger partial charge on any atom is -0.371 e. The lowest BCUT2D eigenvalue weighted by Crippen LogP contribution is -2.35. The molecule has 1 saturated heterocycles. The molecule has 0 bridgehead atoms. The summed E-state index contributed by atoms with van der Waals surface area (Å²) in [5.74, 6) is -0.423. The highest BCUT2D eigenvalue weighted by Gasteiger charge is 2.19. The third-order valence-corrected chi connectivity index (χ3v) is 4.11. The van der Waals surface area contributed by atoms with Gasteiger partial charge in [-0.25, -0.2) is 4.39 Å². The molecule has 0 saturated carbocycles. The van der Waals surface area contributed by atoms with E-state index in [1.807, 2.05) is 24.3 Å². The van der Waals surface area contributed by atoms with Gasteiger partial charge in [0.05, 0.1) is 19.1 Å². The first-order valence-corrected chi connectivity index (χ1v) is 8.04. The highest BCUT2D eigenvalue weighted by molar-refractivity contribution is 5.92. The molecule has 126 valence electrons. The highest BCUT2D eigenvalue weighted by atomic mass is 19.1. The first kappa shape index (κ1) is 16.6. The van der Waals surface area contributed by atoms with Gasteiger partial charge in [-0.15, -0.1) is 0 Å². The Morgan fingerprint density at radius 2 is 1.92 bits per heavy atom. The Morgan fingerprint density at radius 1 is 1.21 bits per heavy atom. The summed E-state index contributed by atoms with van der Waals surface area (Å²) in [6.45, 7) is 2.56. The molecule has 1 heterocycles. The number of amides is 1. The number of hydrogen-bond acceptors (Lipinski definition) is 3. The van der Waals surface area contributed by atoms with Crippen LogP contribution in [0.1, 0.15) is 17.2 Å². The topological polar surface area (TPSA) is 41.6 Å². The average Bonchev–Trinajstić information content (AvgIpc) is 2.58. The second-order valence-electron chi connectivity index (χ2n) is 6.10. The summed E-state index contributed by atoms with van der Waals surface area (Å²) in [5, 5.41) is 2.86. The maximum absolute atomic E-state index is 12.9. The molecule has 4 nitrogen and oxygen atoms in total. The SMILES string of the molecule is CN1CCOC(c2ccc(NC(=O)Cc3ccc(F)cc3)cc2)C1. The smallest absolute Gasteiger partial charge is 0.228 e. The summed E-state index contributed by atoms with van der Waals surface area (Å²) < 4.78 is 18.7. The molecule has 1 aliphatic rings. The molecule has 0 aliphatic carbocycles.